The van der Waals surface area contributed by atoms with Crippen LogP contribution in [0, 0.1) is 11.6 Å². The summed E-state index contributed by atoms with van der Waals surface area (Å²) < 4.78 is 32.0. The van der Waals surface area contributed by atoms with Crippen LogP contribution in [0.2, 0.25) is 0 Å². The molecule has 2 rings (SSSR count). The van der Waals surface area contributed by atoms with E-state index in [9.17, 15) is 13.6 Å². The van der Waals surface area contributed by atoms with Crippen LogP contribution in [0.15, 0.2) is 40.9 Å². The minimum Gasteiger partial charge on any atom is -0.494 e. The number of carbonyl (C=O) groups is 1. The first-order valence-electron chi connectivity index (χ1n) is 6.45. The van der Waals surface area contributed by atoms with Crippen LogP contribution >= 0.6 is 15.9 Å². The summed E-state index contributed by atoms with van der Waals surface area (Å²) in [6.07, 6.45) is 0. The van der Waals surface area contributed by atoms with Gasteiger partial charge in [-0.2, -0.15) is 0 Å². The maximum absolute atomic E-state index is 13.7. The summed E-state index contributed by atoms with van der Waals surface area (Å²) in [4.78, 5) is 13.8. The molecule has 116 valence electrons. The van der Waals surface area contributed by atoms with E-state index in [0.29, 0.717) is 15.6 Å². The Hall–Kier alpha value is -1.95. The largest absolute Gasteiger partial charge is 0.494 e. The molecule has 0 aromatic heterocycles. The van der Waals surface area contributed by atoms with E-state index in [1.807, 2.05) is 0 Å². The van der Waals surface area contributed by atoms with Crippen molar-refractivity contribution in [1.82, 2.24) is 4.90 Å². The van der Waals surface area contributed by atoms with Crippen molar-refractivity contribution in [2.24, 2.45) is 0 Å². The molecular weight excluding hydrogens is 356 g/mol. The number of amides is 1. The van der Waals surface area contributed by atoms with Crippen LogP contribution in [-0.4, -0.2) is 25.0 Å². The summed E-state index contributed by atoms with van der Waals surface area (Å²) in [5.41, 5.74) is 0.977. The molecule has 0 fully saturated rings. The number of hydrogen-bond donors (Lipinski definition) is 0. The summed E-state index contributed by atoms with van der Waals surface area (Å²) in [7, 11) is 2.99. The average molecular weight is 370 g/mol. The van der Waals surface area contributed by atoms with Gasteiger partial charge in [0.15, 0.2) is 11.6 Å². The minimum atomic E-state index is -0.483. The minimum absolute atomic E-state index is 0.152. The van der Waals surface area contributed by atoms with E-state index in [1.165, 1.54) is 42.3 Å². The van der Waals surface area contributed by atoms with Gasteiger partial charge in [-0.25, -0.2) is 8.78 Å². The van der Waals surface area contributed by atoms with Crippen LogP contribution in [0.1, 0.15) is 15.9 Å². The number of carbonyl (C=O) groups excluding carboxylic acids is 1. The molecule has 22 heavy (non-hydrogen) atoms. The SMILES string of the molecule is COc1ccc(CN(C)C(=O)c2ccc(F)cc2Br)cc1F. The fourth-order valence-electron chi connectivity index (χ4n) is 2.02. The van der Waals surface area contributed by atoms with Crippen LogP contribution in [-0.2, 0) is 6.54 Å². The molecule has 0 aliphatic carbocycles. The third kappa shape index (κ3) is 3.62. The molecule has 6 heteroatoms. The second-order valence-electron chi connectivity index (χ2n) is 4.75. The number of benzene rings is 2. The molecule has 2 aromatic carbocycles. The van der Waals surface area contributed by atoms with Crippen molar-refractivity contribution in [2.45, 2.75) is 6.54 Å². The van der Waals surface area contributed by atoms with E-state index in [0.717, 1.165) is 0 Å². The molecule has 0 aliphatic heterocycles. The molecule has 0 saturated heterocycles. The van der Waals surface area contributed by atoms with E-state index >= 15 is 0 Å². The van der Waals surface area contributed by atoms with Crippen molar-refractivity contribution < 1.29 is 18.3 Å². The lowest BCUT2D eigenvalue weighted by atomic mass is 10.1. The highest BCUT2D eigenvalue weighted by molar-refractivity contribution is 9.10. The van der Waals surface area contributed by atoms with Gasteiger partial charge in [-0.15, -0.1) is 0 Å². The van der Waals surface area contributed by atoms with E-state index < -0.39 is 11.6 Å². The molecule has 0 atom stereocenters. The quantitative estimate of drug-likeness (QED) is 0.814. The first-order valence-corrected chi connectivity index (χ1v) is 7.24. The van der Waals surface area contributed by atoms with Crippen LogP contribution < -0.4 is 4.74 Å². The van der Waals surface area contributed by atoms with Gasteiger partial charge in [0.25, 0.3) is 5.91 Å². The summed E-state index contributed by atoms with van der Waals surface area (Å²) >= 11 is 3.17. The van der Waals surface area contributed by atoms with Crippen molar-refractivity contribution in [3.63, 3.8) is 0 Å². The Kier molecular flexibility index (Phi) is 5.13. The molecule has 0 unspecified atom stereocenters. The van der Waals surface area contributed by atoms with Crippen molar-refractivity contribution in [3.8, 4) is 5.75 Å². The van der Waals surface area contributed by atoms with E-state index in [1.54, 1.807) is 13.1 Å². The number of halogens is 3. The molecule has 0 heterocycles. The molecule has 0 saturated carbocycles. The Bertz CT molecular complexity index is 707. The third-order valence-corrected chi connectivity index (χ3v) is 3.80. The fourth-order valence-corrected chi connectivity index (χ4v) is 2.54. The normalized spacial score (nSPS) is 10.4. The molecule has 1 amide bonds. The zero-order valence-electron chi connectivity index (χ0n) is 12.1. The van der Waals surface area contributed by atoms with Gasteiger partial charge in [0.1, 0.15) is 5.82 Å². The van der Waals surface area contributed by atoms with Crippen LogP contribution in [0.5, 0.6) is 5.75 Å². The molecule has 0 N–H and O–H groups in total. The van der Waals surface area contributed by atoms with Crippen molar-refractivity contribution in [2.75, 3.05) is 14.2 Å². The molecular formula is C16H14BrF2NO2. The summed E-state index contributed by atoms with van der Waals surface area (Å²) in [5, 5.41) is 0. The highest BCUT2D eigenvalue weighted by atomic mass is 79.9. The first kappa shape index (κ1) is 16.4. The predicted octanol–water partition coefficient (Wildman–Crippen LogP) is 4.01. The van der Waals surface area contributed by atoms with Gasteiger partial charge < -0.3 is 9.64 Å². The topological polar surface area (TPSA) is 29.5 Å². The maximum Gasteiger partial charge on any atom is 0.255 e. The molecule has 2 aromatic rings. The number of rotatable bonds is 4. The zero-order valence-corrected chi connectivity index (χ0v) is 13.7. The van der Waals surface area contributed by atoms with Crippen molar-refractivity contribution >= 4 is 21.8 Å². The summed E-state index contributed by atoms with van der Waals surface area (Å²) in [5.74, 6) is -1.05. The van der Waals surface area contributed by atoms with Gasteiger partial charge >= 0.3 is 0 Å². The van der Waals surface area contributed by atoms with E-state index in [-0.39, 0.29) is 18.2 Å². The Morgan fingerprint density at radius 1 is 1.23 bits per heavy atom. The van der Waals surface area contributed by atoms with Gasteiger partial charge in [0.2, 0.25) is 0 Å². The van der Waals surface area contributed by atoms with E-state index in [4.69, 9.17) is 4.74 Å². The predicted molar refractivity (Wildman–Crippen MR) is 82.8 cm³/mol. The Balaban J connectivity index is 2.16. The highest BCUT2D eigenvalue weighted by Gasteiger charge is 2.16. The number of methoxy groups -OCH3 is 1. The highest BCUT2D eigenvalue weighted by Crippen LogP contribution is 2.22. The third-order valence-electron chi connectivity index (χ3n) is 3.14. The number of hydrogen-bond acceptors (Lipinski definition) is 2. The fraction of sp³-hybridized carbons (Fsp3) is 0.188. The zero-order chi connectivity index (χ0) is 16.3. The Morgan fingerprint density at radius 3 is 2.55 bits per heavy atom. The maximum atomic E-state index is 13.7. The first-order chi connectivity index (χ1) is 10.4. The monoisotopic (exact) mass is 369 g/mol. The van der Waals surface area contributed by atoms with Crippen molar-refractivity contribution in [3.05, 3.63) is 63.6 Å². The van der Waals surface area contributed by atoms with Gasteiger partial charge in [0, 0.05) is 18.1 Å². The Morgan fingerprint density at radius 2 is 1.95 bits per heavy atom. The average Bonchev–Trinajstić information content (AvgIpc) is 2.46. The van der Waals surface area contributed by atoms with Crippen LogP contribution in [0.4, 0.5) is 8.78 Å². The molecule has 0 aliphatic rings. The standard InChI is InChI=1S/C16H14BrF2NO2/c1-20(9-10-3-6-15(22-2)14(19)7-10)16(21)12-5-4-11(18)8-13(12)17/h3-8H,9H2,1-2H3. The second-order valence-corrected chi connectivity index (χ2v) is 5.61. The second kappa shape index (κ2) is 6.87. The molecule has 0 bridgehead atoms. The summed E-state index contributed by atoms with van der Waals surface area (Å²) in [6.45, 7) is 0.226. The number of ether oxygens (including phenoxy) is 1. The number of nitrogens with zero attached hydrogens (tertiary/aromatic N) is 1. The molecule has 3 nitrogen and oxygen atoms in total. The van der Waals surface area contributed by atoms with Gasteiger partial charge in [-0.3, -0.25) is 4.79 Å². The lowest BCUT2D eigenvalue weighted by Gasteiger charge is -2.18. The molecule has 0 radical (unpaired) electrons. The Labute approximate surface area is 135 Å². The molecule has 0 spiro atoms. The van der Waals surface area contributed by atoms with Crippen LogP contribution in [0.3, 0.4) is 0 Å². The van der Waals surface area contributed by atoms with E-state index in [2.05, 4.69) is 15.9 Å². The van der Waals surface area contributed by atoms with Crippen molar-refractivity contribution in [1.29, 1.82) is 0 Å². The lowest BCUT2D eigenvalue weighted by Crippen LogP contribution is -2.26. The summed E-state index contributed by atoms with van der Waals surface area (Å²) in [6, 6.07) is 8.38. The van der Waals surface area contributed by atoms with Gasteiger partial charge in [-0.1, -0.05) is 6.07 Å². The lowest BCUT2D eigenvalue weighted by molar-refractivity contribution is 0.0784. The smallest absolute Gasteiger partial charge is 0.255 e. The van der Waals surface area contributed by atoms with Gasteiger partial charge in [0.05, 0.1) is 12.7 Å². The van der Waals surface area contributed by atoms with Crippen LogP contribution in [0.25, 0.3) is 0 Å². The van der Waals surface area contributed by atoms with Gasteiger partial charge in [-0.05, 0) is 51.8 Å².